The number of rotatable bonds is 3. The van der Waals surface area contributed by atoms with E-state index in [1.54, 1.807) is 33.2 Å². The van der Waals surface area contributed by atoms with Crippen LogP contribution >= 0.6 is 12.4 Å². The van der Waals surface area contributed by atoms with Crippen molar-refractivity contribution < 1.29 is 9.59 Å². The van der Waals surface area contributed by atoms with Gasteiger partial charge in [-0.15, -0.1) is 12.4 Å². The van der Waals surface area contributed by atoms with Gasteiger partial charge in [-0.05, 0) is 56.6 Å². The van der Waals surface area contributed by atoms with Gasteiger partial charge in [-0.25, -0.2) is 4.98 Å². The molecule has 2 bridgehead atoms. The van der Waals surface area contributed by atoms with Crippen LogP contribution < -0.4 is 11.1 Å². The third-order valence-corrected chi connectivity index (χ3v) is 5.63. The smallest absolute Gasteiger partial charge is 0.271 e. The summed E-state index contributed by atoms with van der Waals surface area (Å²) in [6.45, 7) is 1.78. The molecule has 2 unspecified atom stereocenters. The van der Waals surface area contributed by atoms with Crippen LogP contribution in [0.4, 0.5) is 0 Å². The van der Waals surface area contributed by atoms with Gasteiger partial charge < -0.3 is 16.0 Å². The number of fused-ring (bicyclic) bond motifs is 2. The van der Waals surface area contributed by atoms with Crippen molar-refractivity contribution in [1.29, 1.82) is 0 Å². The normalized spacial score (nSPS) is 27.2. The summed E-state index contributed by atoms with van der Waals surface area (Å²) in [6, 6.07) is 3.81. The zero-order valence-corrected chi connectivity index (χ0v) is 16.5. The van der Waals surface area contributed by atoms with Crippen molar-refractivity contribution in [3.63, 3.8) is 0 Å². The summed E-state index contributed by atoms with van der Waals surface area (Å²) in [5, 5.41) is 3.24. The number of hydrogen-bond donors (Lipinski definition) is 2. The molecule has 144 valence electrons. The first-order chi connectivity index (χ1) is 11.9. The lowest BCUT2D eigenvalue weighted by atomic mass is 9.67. The summed E-state index contributed by atoms with van der Waals surface area (Å²) in [4.78, 5) is 30.6. The lowest BCUT2D eigenvalue weighted by Gasteiger charge is -2.45. The fourth-order valence-electron chi connectivity index (χ4n) is 4.40. The van der Waals surface area contributed by atoms with E-state index in [0.29, 0.717) is 28.8 Å². The van der Waals surface area contributed by atoms with Crippen LogP contribution in [0.15, 0.2) is 12.1 Å². The molecule has 1 heterocycles. The molecule has 6 nitrogen and oxygen atoms in total. The molecule has 2 aliphatic rings. The highest BCUT2D eigenvalue weighted by atomic mass is 35.5. The minimum Gasteiger partial charge on any atom is -0.349 e. The van der Waals surface area contributed by atoms with Crippen LogP contribution in [0.2, 0.25) is 0 Å². The van der Waals surface area contributed by atoms with Crippen molar-refractivity contribution in [2.45, 2.75) is 51.1 Å². The van der Waals surface area contributed by atoms with Crippen LogP contribution in [0, 0.1) is 18.8 Å². The van der Waals surface area contributed by atoms with Crippen LogP contribution in [0.1, 0.15) is 58.6 Å². The Labute approximate surface area is 161 Å². The minimum absolute atomic E-state index is 0. The number of nitrogens with zero attached hydrogens (tertiary/aromatic N) is 2. The number of hydrogen-bond acceptors (Lipinski definition) is 4. The van der Waals surface area contributed by atoms with E-state index < -0.39 is 0 Å². The third-order valence-electron chi connectivity index (χ3n) is 5.63. The Hall–Kier alpha value is -1.66. The molecule has 0 radical (unpaired) electrons. The standard InChI is InChI=1S/C19H28N4O2.ClH/c1-11-15(7-8-16(21-11)19(25)23(2)3)18(24)22-17-12-5-4-6-13(17)10-14(20)9-12;/h7-8,12-14,17H,4-6,9-10,20H2,1-3H3,(H,22,24);1H. The predicted octanol–water partition coefficient (Wildman–Crippen LogP) is 2.15. The largest absolute Gasteiger partial charge is 0.349 e. The number of carbonyl (C=O) groups is 2. The van der Waals surface area contributed by atoms with Gasteiger partial charge in [0.2, 0.25) is 0 Å². The molecule has 26 heavy (non-hydrogen) atoms. The van der Waals surface area contributed by atoms with Crippen LogP contribution in [0.25, 0.3) is 0 Å². The summed E-state index contributed by atoms with van der Waals surface area (Å²) >= 11 is 0. The van der Waals surface area contributed by atoms with E-state index in [1.807, 2.05) is 0 Å². The quantitative estimate of drug-likeness (QED) is 0.840. The molecule has 3 N–H and O–H groups in total. The van der Waals surface area contributed by atoms with E-state index in [-0.39, 0.29) is 36.3 Å². The number of amides is 2. The summed E-state index contributed by atoms with van der Waals surface area (Å²) in [5.41, 5.74) is 7.66. The van der Waals surface area contributed by atoms with E-state index in [0.717, 1.165) is 25.7 Å². The van der Waals surface area contributed by atoms with Gasteiger partial charge in [-0.3, -0.25) is 9.59 Å². The molecule has 2 fully saturated rings. The topological polar surface area (TPSA) is 88.3 Å². The summed E-state index contributed by atoms with van der Waals surface area (Å²) in [5.74, 6) is 0.709. The molecule has 7 heteroatoms. The average molecular weight is 381 g/mol. The maximum Gasteiger partial charge on any atom is 0.271 e. The number of pyridine rings is 1. The average Bonchev–Trinajstić information content (AvgIpc) is 2.54. The van der Waals surface area contributed by atoms with Crippen molar-refractivity contribution in [2.75, 3.05) is 14.1 Å². The zero-order valence-electron chi connectivity index (χ0n) is 15.7. The van der Waals surface area contributed by atoms with Gasteiger partial charge in [0.05, 0.1) is 11.3 Å². The fraction of sp³-hybridized carbons (Fsp3) is 0.632. The van der Waals surface area contributed by atoms with E-state index in [2.05, 4.69) is 10.3 Å². The van der Waals surface area contributed by atoms with Gasteiger partial charge in [0.25, 0.3) is 11.8 Å². The van der Waals surface area contributed by atoms with Gasteiger partial charge in [-0.1, -0.05) is 6.42 Å². The molecule has 0 aliphatic heterocycles. The Balaban J connectivity index is 0.00000243. The SMILES string of the molecule is Cc1nc(C(=O)N(C)C)ccc1C(=O)NC1C2CCCC1CC(N)C2.Cl. The number of aromatic nitrogens is 1. The third kappa shape index (κ3) is 4.18. The summed E-state index contributed by atoms with van der Waals surface area (Å²) in [6.07, 6.45) is 5.51. The van der Waals surface area contributed by atoms with Crippen LogP contribution in [-0.2, 0) is 0 Å². The molecule has 2 saturated carbocycles. The molecule has 0 aromatic carbocycles. The Bertz CT molecular complexity index is 666. The monoisotopic (exact) mass is 380 g/mol. The molecular formula is C19H29ClN4O2. The number of nitrogens with one attached hydrogen (secondary N) is 1. The van der Waals surface area contributed by atoms with Crippen molar-refractivity contribution in [3.05, 3.63) is 29.1 Å². The molecule has 1 aromatic heterocycles. The number of nitrogens with two attached hydrogens (primary N) is 1. The second-order valence-electron chi connectivity index (χ2n) is 7.71. The highest BCUT2D eigenvalue weighted by molar-refractivity contribution is 5.97. The molecule has 1 aromatic rings. The van der Waals surface area contributed by atoms with Crippen molar-refractivity contribution in [3.8, 4) is 0 Å². The molecule has 2 aliphatic carbocycles. The minimum atomic E-state index is -0.161. The molecule has 3 rings (SSSR count). The van der Waals surface area contributed by atoms with Crippen molar-refractivity contribution in [1.82, 2.24) is 15.2 Å². The number of carbonyl (C=O) groups excluding carboxylic acids is 2. The van der Waals surface area contributed by atoms with Gasteiger partial charge >= 0.3 is 0 Å². The molecule has 2 amide bonds. The van der Waals surface area contributed by atoms with Crippen LogP contribution in [0.5, 0.6) is 0 Å². The van der Waals surface area contributed by atoms with E-state index in [1.165, 1.54) is 11.3 Å². The van der Waals surface area contributed by atoms with Crippen molar-refractivity contribution in [2.24, 2.45) is 17.6 Å². The first-order valence-electron chi connectivity index (χ1n) is 9.12. The molecule has 2 atom stereocenters. The number of halogens is 1. The van der Waals surface area contributed by atoms with E-state index >= 15 is 0 Å². The molecule has 0 spiro atoms. The summed E-state index contributed by atoms with van der Waals surface area (Å²) < 4.78 is 0. The highest BCUT2D eigenvalue weighted by Gasteiger charge is 2.40. The van der Waals surface area contributed by atoms with E-state index in [4.69, 9.17) is 5.73 Å². The van der Waals surface area contributed by atoms with Crippen LogP contribution in [0.3, 0.4) is 0 Å². The second-order valence-corrected chi connectivity index (χ2v) is 7.71. The van der Waals surface area contributed by atoms with Crippen molar-refractivity contribution >= 4 is 24.2 Å². The number of aryl methyl sites for hydroxylation is 1. The summed E-state index contributed by atoms with van der Waals surface area (Å²) in [7, 11) is 3.37. The first-order valence-corrected chi connectivity index (χ1v) is 9.12. The highest BCUT2D eigenvalue weighted by Crippen LogP contribution is 2.39. The van der Waals surface area contributed by atoms with Gasteiger partial charge in [-0.2, -0.15) is 0 Å². The lowest BCUT2D eigenvalue weighted by molar-refractivity contribution is 0.0753. The van der Waals surface area contributed by atoms with E-state index in [9.17, 15) is 9.59 Å². The fourth-order valence-corrected chi connectivity index (χ4v) is 4.40. The van der Waals surface area contributed by atoms with Crippen LogP contribution in [-0.4, -0.2) is 47.9 Å². The Morgan fingerprint density at radius 2 is 1.81 bits per heavy atom. The Morgan fingerprint density at radius 1 is 1.19 bits per heavy atom. The molecular weight excluding hydrogens is 352 g/mol. The zero-order chi connectivity index (χ0) is 18.1. The molecule has 0 saturated heterocycles. The van der Waals surface area contributed by atoms with Gasteiger partial charge in [0.1, 0.15) is 5.69 Å². The Kier molecular flexibility index (Phi) is 6.64. The van der Waals surface area contributed by atoms with Gasteiger partial charge in [0, 0.05) is 26.2 Å². The Morgan fingerprint density at radius 3 is 2.35 bits per heavy atom. The maximum absolute atomic E-state index is 12.8. The predicted molar refractivity (Wildman–Crippen MR) is 104 cm³/mol. The first kappa shape index (κ1) is 20.6. The van der Waals surface area contributed by atoms with Gasteiger partial charge in [0.15, 0.2) is 0 Å². The second kappa shape index (κ2) is 8.35. The lowest BCUT2D eigenvalue weighted by Crippen LogP contribution is -2.53. The maximum atomic E-state index is 12.8.